The minimum atomic E-state index is -0.145. The molecule has 0 spiro atoms. The van der Waals surface area contributed by atoms with Gasteiger partial charge in [0.25, 0.3) is 5.91 Å². The van der Waals surface area contributed by atoms with E-state index in [0.717, 1.165) is 36.8 Å². The van der Waals surface area contributed by atoms with Gasteiger partial charge >= 0.3 is 0 Å². The predicted molar refractivity (Wildman–Crippen MR) is 119 cm³/mol. The molecule has 162 valence electrons. The van der Waals surface area contributed by atoms with Crippen molar-refractivity contribution in [2.75, 3.05) is 20.1 Å². The van der Waals surface area contributed by atoms with Crippen LogP contribution >= 0.6 is 0 Å². The van der Waals surface area contributed by atoms with Crippen LogP contribution < -0.4 is 0 Å². The van der Waals surface area contributed by atoms with Crippen LogP contribution in [0, 0.1) is 5.92 Å². The number of hydrogen-bond acceptors (Lipinski definition) is 5. The fourth-order valence-electron chi connectivity index (χ4n) is 4.21. The molecule has 1 saturated heterocycles. The van der Waals surface area contributed by atoms with Crippen LogP contribution in [0.1, 0.15) is 53.2 Å². The fourth-order valence-corrected chi connectivity index (χ4v) is 4.21. The van der Waals surface area contributed by atoms with Gasteiger partial charge in [-0.2, -0.15) is 0 Å². The zero-order valence-electron chi connectivity index (χ0n) is 18.3. The molecule has 3 aromatic rings. The lowest BCUT2D eigenvalue weighted by molar-refractivity contribution is 0.0731. The summed E-state index contributed by atoms with van der Waals surface area (Å²) in [6, 6.07) is 16.3. The van der Waals surface area contributed by atoms with Gasteiger partial charge in [0.15, 0.2) is 11.5 Å². The average molecular weight is 419 g/mol. The van der Waals surface area contributed by atoms with Crippen molar-refractivity contribution in [2.45, 2.75) is 38.8 Å². The minimum absolute atomic E-state index is 0.0926. The molecule has 3 heterocycles. The topological polar surface area (TPSA) is 62.5 Å². The fraction of sp³-hybridized carbons (Fsp3) is 0.400. The van der Waals surface area contributed by atoms with Gasteiger partial charge in [0.05, 0.1) is 12.6 Å². The molecule has 6 nitrogen and oxygen atoms in total. The first-order valence-electron chi connectivity index (χ1n) is 11.0. The second-order valence-electron chi connectivity index (χ2n) is 8.47. The number of carbonyl (C=O) groups excluding carboxylic acids is 1. The molecule has 31 heavy (non-hydrogen) atoms. The Morgan fingerprint density at radius 2 is 1.97 bits per heavy atom. The van der Waals surface area contributed by atoms with Crippen molar-refractivity contribution in [1.29, 1.82) is 0 Å². The van der Waals surface area contributed by atoms with Crippen molar-refractivity contribution in [3.8, 4) is 0 Å². The van der Waals surface area contributed by atoms with E-state index in [1.165, 1.54) is 18.4 Å². The van der Waals surface area contributed by atoms with E-state index in [-0.39, 0.29) is 11.9 Å². The Morgan fingerprint density at radius 1 is 1.19 bits per heavy atom. The number of pyridine rings is 1. The van der Waals surface area contributed by atoms with E-state index in [1.54, 1.807) is 30.4 Å². The molecule has 0 saturated carbocycles. The quantitative estimate of drug-likeness (QED) is 0.571. The number of hydrogen-bond donors (Lipinski definition) is 0. The molecule has 4 rings (SSSR count). The van der Waals surface area contributed by atoms with E-state index in [9.17, 15) is 4.79 Å². The molecule has 1 fully saturated rings. The van der Waals surface area contributed by atoms with Crippen molar-refractivity contribution in [3.63, 3.8) is 0 Å². The highest BCUT2D eigenvalue weighted by Crippen LogP contribution is 2.24. The summed E-state index contributed by atoms with van der Waals surface area (Å²) in [6.07, 6.45) is 7.02. The highest BCUT2D eigenvalue weighted by Gasteiger charge is 2.24. The van der Waals surface area contributed by atoms with E-state index in [2.05, 4.69) is 45.4 Å². The van der Waals surface area contributed by atoms with Crippen LogP contribution in [0.4, 0.5) is 0 Å². The van der Waals surface area contributed by atoms with E-state index in [4.69, 9.17) is 4.52 Å². The van der Waals surface area contributed by atoms with Gasteiger partial charge < -0.3 is 9.42 Å². The molecule has 0 N–H and O–H groups in total. The number of piperidine rings is 1. The zero-order valence-corrected chi connectivity index (χ0v) is 18.3. The smallest absolute Gasteiger partial charge is 0.276 e. The Kier molecular flexibility index (Phi) is 6.77. The zero-order chi connectivity index (χ0) is 21.6. The van der Waals surface area contributed by atoms with E-state index in [1.807, 2.05) is 19.1 Å². The summed E-state index contributed by atoms with van der Waals surface area (Å²) in [5, 5.41) is 4.04. The molecule has 2 aromatic heterocycles. The Labute approximate surface area is 183 Å². The molecule has 6 heteroatoms. The van der Waals surface area contributed by atoms with Crippen LogP contribution in [0.25, 0.3) is 0 Å². The lowest BCUT2D eigenvalue weighted by Crippen LogP contribution is -2.33. The van der Waals surface area contributed by atoms with Crippen LogP contribution in [0.3, 0.4) is 0 Å². The predicted octanol–water partition coefficient (Wildman–Crippen LogP) is 4.36. The minimum Gasteiger partial charge on any atom is -0.359 e. The first-order valence-corrected chi connectivity index (χ1v) is 11.0. The number of rotatable bonds is 7. The summed E-state index contributed by atoms with van der Waals surface area (Å²) >= 11 is 0. The summed E-state index contributed by atoms with van der Waals surface area (Å²) in [5.41, 5.74) is 2.76. The second kappa shape index (κ2) is 9.88. The van der Waals surface area contributed by atoms with Crippen molar-refractivity contribution in [2.24, 2.45) is 5.92 Å². The third kappa shape index (κ3) is 5.39. The maximum absolute atomic E-state index is 12.9. The molecule has 1 amide bonds. The summed E-state index contributed by atoms with van der Waals surface area (Å²) in [6.45, 7) is 4.76. The van der Waals surface area contributed by atoms with Crippen molar-refractivity contribution in [3.05, 3.63) is 83.5 Å². The maximum Gasteiger partial charge on any atom is 0.276 e. The van der Waals surface area contributed by atoms with Crippen molar-refractivity contribution in [1.82, 2.24) is 19.9 Å². The highest BCUT2D eigenvalue weighted by molar-refractivity contribution is 5.92. The van der Waals surface area contributed by atoms with Gasteiger partial charge in [-0.25, -0.2) is 0 Å². The molecule has 1 aliphatic rings. The molecule has 1 aromatic carbocycles. The number of benzene rings is 1. The van der Waals surface area contributed by atoms with Crippen LogP contribution in [0.2, 0.25) is 0 Å². The molecule has 0 bridgehead atoms. The highest BCUT2D eigenvalue weighted by atomic mass is 16.5. The third-order valence-electron chi connectivity index (χ3n) is 6.30. The average Bonchev–Trinajstić information content (AvgIpc) is 3.28. The van der Waals surface area contributed by atoms with Gasteiger partial charge in [0.2, 0.25) is 0 Å². The Balaban J connectivity index is 1.29. The lowest BCUT2D eigenvalue weighted by atomic mass is 9.90. The van der Waals surface area contributed by atoms with Gasteiger partial charge in [-0.3, -0.25) is 14.7 Å². The van der Waals surface area contributed by atoms with Crippen molar-refractivity contribution < 1.29 is 9.32 Å². The van der Waals surface area contributed by atoms with Gasteiger partial charge in [0.1, 0.15) is 0 Å². The third-order valence-corrected chi connectivity index (χ3v) is 6.30. The van der Waals surface area contributed by atoms with Crippen LogP contribution in [-0.4, -0.2) is 46.0 Å². The molecular formula is C25H30N4O2. The molecule has 1 atom stereocenters. The largest absolute Gasteiger partial charge is 0.359 e. The second-order valence-corrected chi connectivity index (χ2v) is 8.47. The van der Waals surface area contributed by atoms with Crippen molar-refractivity contribution >= 4 is 5.91 Å². The number of nitrogens with zero attached hydrogens (tertiary/aromatic N) is 4. The first-order chi connectivity index (χ1) is 15.1. The number of likely N-dealkylation sites (tertiary alicyclic amines) is 1. The Hall–Kier alpha value is -2.99. The van der Waals surface area contributed by atoms with Crippen LogP contribution in [0.5, 0.6) is 0 Å². The molecule has 0 aliphatic carbocycles. The van der Waals surface area contributed by atoms with Gasteiger partial charge in [0, 0.05) is 25.5 Å². The molecule has 0 radical (unpaired) electrons. The normalized spacial score (nSPS) is 16.2. The van der Waals surface area contributed by atoms with E-state index in [0.29, 0.717) is 12.2 Å². The summed E-state index contributed by atoms with van der Waals surface area (Å²) in [4.78, 5) is 21.1. The summed E-state index contributed by atoms with van der Waals surface area (Å²) in [5.74, 6) is 1.33. The lowest BCUT2D eigenvalue weighted by Gasteiger charge is -2.31. The molecule has 0 unspecified atom stereocenters. The SMILES string of the molecule is C[C@@H](c1cccnc1)N(C)C(=O)c1cc(CN2CCC(Cc3ccccc3)CC2)on1. The summed E-state index contributed by atoms with van der Waals surface area (Å²) in [7, 11) is 1.78. The maximum atomic E-state index is 12.9. The Morgan fingerprint density at radius 3 is 2.68 bits per heavy atom. The number of amides is 1. The molecule has 1 aliphatic heterocycles. The monoisotopic (exact) mass is 418 g/mol. The van der Waals surface area contributed by atoms with Gasteiger partial charge in [-0.1, -0.05) is 41.6 Å². The Bertz CT molecular complexity index is 965. The van der Waals surface area contributed by atoms with E-state index >= 15 is 0 Å². The number of aromatic nitrogens is 2. The summed E-state index contributed by atoms with van der Waals surface area (Å²) < 4.78 is 5.50. The van der Waals surface area contributed by atoms with Crippen LogP contribution in [-0.2, 0) is 13.0 Å². The van der Waals surface area contributed by atoms with Gasteiger partial charge in [-0.05, 0) is 62.4 Å². The van der Waals surface area contributed by atoms with Gasteiger partial charge in [-0.15, -0.1) is 0 Å². The first kappa shape index (κ1) is 21.2. The molecular weight excluding hydrogens is 388 g/mol. The number of carbonyl (C=O) groups is 1. The van der Waals surface area contributed by atoms with Crippen LogP contribution in [0.15, 0.2) is 65.4 Å². The standard InChI is InChI=1S/C25H30N4O2/c1-19(22-9-6-12-26-17-22)28(2)25(30)24-16-23(31-27-24)18-29-13-10-21(11-14-29)15-20-7-4-3-5-8-20/h3-9,12,16-17,19,21H,10-11,13-15,18H2,1-2H3/t19-/m0/s1. The van der Waals surface area contributed by atoms with E-state index < -0.39 is 0 Å².